The van der Waals surface area contributed by atoms with Crippen LogP contribution in [0.5, 0.6) is 0 Å². The summed E-state index contributed by atoms with van der Waals surface area (Å²) in [4.78, 5) is 14.4. The van der Waals surface area contributed by atoms with E-state index in [4.69, 9.17) is 0 Å². The van der Waals surface area contributed by atoms with Gasteiger partial charge in [-0.2, -0.15) is 0 Å². The number of nitrogens with zero attached hydrogens (tertiary/aromatic N) is 1. The molecule has 2 aliphatic rings. The Morgan fingerprint density at radius 1 is 1.23 bits per heavy atom. The van der Waals surface area contributed by atoms with Crippen LogP contribution in [-0.4, -0.2) is 47.7 Å². The van der Waals surface area contributed by atoms with Crippen LogP contribution in [0.3, 0.4) is 0 Å². The molecule has 2 aliphatic heterocycles. The van der Waals surface area contributed by atoms with Crippen LogP contribution in [0.15, 0.2) is 30.3 Å². The number of carbonyl (C=O) groups excluding carboxylic acids is 1. The van der Waals surface area contributed by atoms with Crippen molar-refractivity contribution in [2.45, 2.75) is 44.2 Å². The summed E-state index contributed by atoms with van der Waals surface area (Å²) < 4.78 is 0. The number of benzene rings is 1. The van der Waals surface area contributed by atoms with E-state index >= 15 is 0 Å². The Bertz CT molecular complexity index is 483. The third kappa shape index (κ3) is 3.87. The van der Waals surface area contributed by atoms with E-state index in [1.165, 1.54) is 12.0 Å². The molecule has 2 N–H and O–H groups in total. The summed E-state index contributed by atoms with van der Waals surface area (Å²) in [6, 6.07) is 10.5. The second kappa shape index (κ2) is 7.25. The van der Waals surface area contributed by atoms with Gasteiger partial charge in [0.05, 0.1) is 12.1 Å². The predicted octanol–water partition coefficient (Wildman–Crippen LogP) is 1.58. The highest BCUT2D eigenvalue weighted by Gasteiger charge is 2.32. The summed E-state index contributed by atoms with van der Waals surface area (Å²) in [6.07, 6.45) is 4.76. The standard InChI is InChI=1S/C18H26N2O2/c21-16-12-17(19-13-16)18(22)20-10-8-15(9-11-20)7-6-14-4-2-1-3-5-14/h1-5,15-17,19,21H,6-13H2/t16-,17-/m1/s1. The molecule has 2 atom stereocenters. The lowest BCUT2D eigenvalue weighted by Crippen LogP contribution is -2.47. The van der Waals surface area contributed by atoms with Crippen LogP contribution in [0.1, 0.15) is 31.2 Å². The van der Waals surface area contributed by atoms with Crippen molar-refractivity contribution in [3.63, 3.8) is 0 Å². The minimum absolute atomic E-state index is 0.170. The van der Waals surface area contributed by atoms with Crippen molar-refractivity contribution in [1.82, 2.24) is 10.2 Å². The second-order valence-corrected chi connectivity index (χ2v) is 6.64. The summed E-state index contributed by atoms with van der Waals surface area (Å²) in [5.41, 5.74) is 1.41. The molecule has 0 saturated carbocycles. The van der Waals surface area contributed by atoms with E-state index in [9.17, 15) is 9.90 Å². The number of piperidine rings is 1. The van der Waals surface area contributed by atoms with Gasteiger partial charge in [-0.25, -0.2) is 0 Å². The predicted molar refractivity (Wildman–Crippen MR) is 86.5 cm³/mol. The molecular weight excluding hydrogens is 276 g/mol. The van der Waals surface area contributed by atoms with Gasteiger partial charge in [-0.05, 0) is 43.6 Å². The van der Waals surface area contributed by atoms with Crippen molar-refractivity contribution in [3.8, 4) is 0 Å². The molecule has 1 amide bonds. The van der Waals surface area contributed by atoms with Crippen LogP contribution in [0.4, 0.5) is 0 Å². The third-order valence-electron chi connectivity index (χ3n) is 5.02. The zero-order chi connectivity index (χ0) is 15.4. The molecule has 3 rings (SSSR count). The van der Waals surface area contributed by atoms with E-state index in [2.05, 4.69) is 35.6 Å². The Labute approximate surface area is 132 Å². The van der Waals surface area contributed by atoms with Gasteiger partial charge in [-0.15, -0.1) is 0 Å². The first kappa shape index (κ1) is 15.5. The number of rotatable bonds is 4. The topological polar surface area (TPSA) is 52.6 Å². The monoisotopic (exact) mass is 302 g/mol. The number of nitrogens with one attached hydrogen (secondary N) is 1. The minimum Gasteiger partial charge on any atom is -0.392 e. The van der Waals surface area contributed by atoms with E-state index in [-0.39, 0.29) is 18.1 Å². The maximum Gasteiger partial charge on any atom is 0.239 e. The molecule has 22 heavy (non-hydrogen) atoms. The highest BCUT2D eigenvalue weighted by Crippen LogP contribution is 2.23. The molecule has 0 bridgehead atoms. The van der Waals surface area contributed by atoms with Gasteiger partial charge in [0.15, 0.2) is 0 Å². The molecule has 2 fully saturated rings. The molecule has 2 heterocycles. The Morgan fingerprint density at radius 2 is 1.95 bits per heavy atom. The molecule has 120 valence electrons. The number of likely N-dealkylation sites (tertiary alicyclic amines) is 1. The van der Waals surface area contributed by atoms with Crippen molar-refractivity contribution in [2.75, 3.05) is 19.6 Å². The average molecular weight is 302 g/mol. The summed E-state index contributed by atoms with van der Waals surface area (Å²) in [5.74, 6) is 0.907. The second-order valence-electron chi connectivity index (χ2n) is 6.64. The molecule has 0 aliphatic carbocycles. The van der Waals surface area contributed by atoms with Crippen LogP contribution < -0.4 is 5.32 Å². The number of aryl methyl sites for hydroxylation is 1. The Kier molecular flexibility index (Phi) is 5.11. The van der Waals surface area contributed by atoms with Crippen molar-refractivity contribution < 1.29 is 9.90 Å². The Hall–Kier alpha value is -1.39. The lowest BCUT2D eigenvalue weighted by Gasteiger charge is -2.33. The van der Waals surface area contributed by atoms with E-state index in [1.807, 2.05) is 4.90 Å². The van der Waals surface area contributed by atoms with Crippen molar-refractivity contribution >= 4 is 5.91 Å². The van der Waals surface area contributed by atoms with Gasteiger partial charge < -0.3 is 15.3 Å². The molecule has 0 unspecified atom stereocenters. The van der Waals surface area contributed by atoms with Gasteiger partial charge in [0.1, 0.15) is 0 Å². The van der Waals surface area contributed by atoms with Gasteiger partial charge in [-0.3, -0.25) is 4.79 Å². The lowest BCUT2D eigenvalue weighted by atomic mass is 9.90. The first-order valence-corrected chi connectivity index (χ1v) is 8.46. The Balaban J connectivity index is 1.41. The number of hydrogen-bond donors (Lipinski definition) is 2. The van der Waals surface area contributed by atoms with Crippen LogP contribution in [0.2, 0.25) is 0 Å². The fourth-order valence-electron chi connectivity index (χ4n) is 3.58. The van der Waals surface area contributed by atoms with Crippen molar-refractivity contribution in [1.29, 1.82) is 0 Å². The van der Waals surface area contributed by atoms with Crippen LogP contribution in [-0.2, 0) is 11.2 Å². The number of aliphatic hydroxyl groups excluding tert-OH is 1. The van der Waals surface area contributed by atoms with Gasteiger partial charge in [0.2, 0.25) is 5.91 Å². The van der Waals surface area contributed by atoms with E-state index in [0.717, 1.165) is 38.3 Å². The smallest absolute Gasteiger partial charge is 0.239 e. The fraction of sp³-hybridized carbons (Fsp3) is 0.611. The number of aliphatic hydroxyl groups is 1. The van der Waals surface area contributed by atoms with Crippen molar-refractivity contribution in [2.24, 2.45) is 5.92 Å². The zero-order valence-electron chi connectivity index (χ0n) is 13.1. The first-order chi connectivity index (χ1) is 10.7. The lowest BCUT2D eigenvalue weighted by molar-refractivity contribution is -0.134. The largest absolute Gasteiger partial charge is 0.392 e. The van der Waals surface area contributed by atoms with Crippen LogP contribution >= 0.6 is 0 Å². The molecule has 1 aromatic rings. The first-order valence-electron chi connectivity index (χ1n) is 8.46. The van der Waals surface area contributed by atoms with Gasteiger partial charge in [-0.1, -0.05) is 30.3 Å². The zero-order valence-corrected chi connectivity index (χ0v) is 13.1. The molecular formula is C18H26N2O2. The molecule has 1 aromatic carbocycles. The SMILES string of the molecule is O=C([C@H]1C[C@@H](O)CN1)N1CCC(CCc2ccccc2)CC1. The molecule has 2 saturated heterocycles. The quantitative estimate of drug-likeness (QED) is 0.888. The molecule has 0 radical (unpaired) electrons. The number of β-amino-alcohol motifs (C(OH)–C–C–N with tert-alkyl or cyclic N) is 1. The van der Waals surface area contributed by atoms with Crippen LogP contribution in [0, 0.1) is 5.92 Å². The molecule has 4 heteroatoms. The number of hydrogen-bond acceptors (Lipinski definition) is 3. The summed E-state index contributed by atoms with van der Waals surface area (Å²) >= 11 is 0. The Morgan fingerprint density at radius 3 is 2.59 bits per heavy atom. The number of amides is 1. The van der Waals surface area contributed by atoms with E-state index in [1.54, 1.807) is 0 Å². The highest BCUT2D eigenvalue weighted by molar-refractivity contribution is 5.82. The van der Waals surface area contributed by atoms with Crippen molar-refractivity contribution in [3.05, 3.63) is 35.9 Å². The molecule has 0 aromatic heterocycles. The summed E-state index contributed by atoms with van der Waals surface area (Å²) in [7, 11) is 0. The molecule has 0 spiro atoms. The number of carbonyl (C=O) groups is 1. The maximum atomic E-state index is 12.4. The normalized spacial score (nSPS) is 26.3. The van der Waals surface area contributed by atoms with Gasteiger partial charge in [0, 0.05) is 19.6 Å². The van der Waals surface area contributed by atoms with Gasteiger partial charge >= 0.3 is 0 Å². The van der Waals surface area contributed by atoms with E-state index < -0.39 is 0 Å². The van der Waals surface area contributed by atoms with Gasteiger partial charge in [0.25, 0.3) is 0 Å². The summed E-state index contributed by atoms with van der Waals surface area (Å²) in [5, 5.41) is 12.7. The third-order valence-corrected chi connectivity index (χ3v) is 5.02. The van der Waals surface area contributed by atoms with Crippen LogP contribution in [0.25, 0.3) is 0 Å². The minimum atomic E-state index is -0.364. The highest BCUT2D eigenvalue weighted by atomic mass is 16.3. The average Bonchev–Trinajstić information content (AvgIpc) is 3.00. The van der Waals surface area contributed by atoms with E-state index in [0.29, 0.717) is 13.0 Å². The summed E-state index contributed by atoms with van der Waals surface area (Å²) in [6.45, 7) is 2.28. The maximum absolute atomic E-state index is 12.4. The fourth-order valence-corrected chi connectivity index (χ4v) is 3.58. The molecule has 4 nitrogen and oxygen atoms in total.